The van der Waals surface area contributed by atoms with Gasteiger partial charge < -0.3 is 5.32 Å². The van der Waals surface area contributed by atoms with Crippen molar-refractivity contribution in [3.05, 3.63) is 35.4 Å². The number of hydrogen-bond donors (Lipinski definition) is 1. The van der Waals surface area contributed by atoms with Gasteiger partial charge in [-0.15, -0.1) is 0 Å². The molecule has 0 spiro atoms. The molecule has 0 fully saturated rings. The SMILES string of the molecule is CCCCCCCCCCC(NC)c1ccc(F)cc1F. The maximum absolute atomic E-state index is 13.8. The molecule has 1 aromatic rings. The predicted octanol–water partition coefficient (Wildman–Crippen LogP) is 5.76. The minimum absolute atomic E-state index is 0.0225. The molecule has 1 unspecified atom stereocenters. The second kappa shape index (κ2) is 10.7. The average molecular weight is 297 g/mol. The van der Waals surface area contributed by atoms with Gasteiger partial charge in [-0.3, -0.25) is 0 Å². The van der Waals surface area contributed by atoms with Crippen LogP contribution in [0.5, 0.6) is 0 Å². The van der Waals surface area contributed by atoms with Gasteiger partial charge in [-0.05, 0) is 19.5 Å². The van der Waals surface area contributed by atoms with Crippen LogP contribution in [0.1, 0.15) is 76.3 Å². The van der Waals surface area contributed by atoms with Crippen LogP contribution in [0.15, 0.2) is 18.2 Å². The van der Waals surface area contributed by atoms with E-state index in [1.807, 2.05) is 7.05 Å². The van der Waals surface area contributed by atoms with E-state index in [2.05, 4.69) is 12.2 Å². The van der Waals surface area contributed by atoms with Gasteiger partial charge >= 0.3 is 0 Å². The van der Waals surface area contributed by atoms with Crippen LogP contribution in [0.3, 0.4) is 0 Å². The molecule has 21 heavy (non-hydrogen) atoms. The molecule has 0 saturated heterocycles. The van der Waals surface area contributed by atoms with Crippen LogP contribution in [0.4, 0.5) is 8.78 Å². The fraction of sp³-hybridized carbons (Fsp3) is 0.667. The van der Waals surface area contributed by atoms with Gasteiger partial charge in [0.25, 0.3) is 0 Å². The van der Waals surface area contributed by atoms with E-state index in [1.54, 1.807) is 6.07 Å². The van der Waals surface area contributed by atoms with Crippen LogP contribution in [0.25, 0.3) is 0 Å². The molecule has 1 aromatic carbocycles. The van der Waals surface area contributed by atoms with Gasteiger partial charge in [0, 0.05) is 17.7 Å². The molecule has 0 bridgehead atoms. The zero-order valence-electron chi connectivity index (χ0n) is 13.4. The minimum atomic E-state index is -0.516. The first-order valence-corrected chi connectivity index (χ1v) is 8.31. The zero-order chi connectivity index (χ0) is 15.5. The van der Waals surface area contributed by atoms with E-state index in [0.29, 0.717) is 5.56 Å². The average Bonchev–Trinajstić information content (AvgIpc) is 2.47. The molecule has 1 rings (SSSR count). The molecule has 0 aliphatic rings. The third kappa shape index (κ3) is 7.03. The summed E-state index contributed by atoms with van der Waals surface area (Å²) in [5, 5.41) is 3.14. The van der Waals surface area contributed by atoms with Crippen LogP contribution in [-0.2, 0) is 0 Å². The summed E-state index contributed by atoms with van der Waals surface area (Å²) in [7, 11) is 1.83. The van der Waals surface area contributed by atoms with Crippen molar-refractivity contribution < 1.29 is 8.78 Å². The van der Waals surface area contributed by atoms with Crippen molar-refractivity contribution in [1.82, 2.24) is 5.32 Å². The summed E-state index contributed by atoms with van der Waals surface area (Å²) < 4.78 is 26.7. The lowest BCUT2D eigenvalue weighted by Gasteiger charge is -2.17. The summed E-state index contributed by atoms with van der Waals surface area (Å²) in [6.45, 7) is 2.23. The Labute approximate surface area is 128 Å². The number of unbranched alkanes of at least 4 members (excludes halogenated alkanes) is 7. The zero-order valence-corrected chi connectivity index (χ0v) is 13.4. The summed E-state index contributed by atoms with van der Waals surface area (Å²) in [4.78, 5) is 0. The molecule has 120 valence electrons. The van der Waals surface area contributed by atoms with Crippen LogP contribution < -0.4 is 5.32 Å². The lowest BCUT2D eigenvalue weighted by Crippen LogP contribution is -2.17. The first kappa shape index (κ1) is 18.1. The van der Waals surface area contributed by atoms with Crippen molar-refractivity contribution in [2.24, 2.45) is 0 Å². The van der Waals surface area contributed by atoms with Crippen molar-refractivity contribution in [2.75, 3.05) is 7.05 Å². The highest BCUT2D eigenvalue weighted by Gasteiger charge is 2.14. The van der Waals surface area contributed by atoms with Gasteiger partial charge in [0.1, 0.15) is 11.6 Å². The van der Waals surface area contributed by atoms with Crippen molar-refractivity contribution in [1.29, 1.82) is 0 Å². The third-order valence-electron chi connectivity index (χ3n) is 4.03. The van der Waals surface area contributed by atoms with E-state index >= 15 is 0 Å². The second-order valence-corrected chi connectivity index (χ2v) is 5.77. The lowest BCUT2D eigenvalue weighted by atomic mass is 9.99. The molecule has 0 aromatic heterocycles. The Kier molecular flexibility index (Phi) is 9.24. The maximum Gasteiger partial charge on any atom is 0.130 e. The molecule has 1 nitrogen and oxygen atoms in total. The Bertz CT molecular complexity index is 393. The Morgan fingerprint density at radius 2 is 1.57 bits per heavy atom. The second-order valence-electron chi connectivity index (χ2n) is 5.77. The smallest absolute Gasteiger partial charge is 0.130 e. The normalized spacial score (nSPS) is 12.6. The van der Waals surface area contributed by atoms with E-state index in [9.17, 15) is 8.78 Å². The first-order valence-electron chi connectivity index (χ1n) is 8.31. The van der Waals surface area contributed by atoms with E-state index in [4.69, 9.17) is 0 Å². The highest BCUT2D eigenvalue weighted by atomic mass is 19.1. The molecule has 0 saturated carbocycles. The van der Waals surface area contributed by atoms with Crippen LogP contribution in [0, 0.1) is 11.6 Å². The maximum atomic E-state index is 13.8. The van der Waals surface area contributed by atoms with Crippen LogP contribution in [-0.4, -0.2) is 7.05 Å². The molecular weight excluding hydrogens is 268 g/mol. The van der Waals surface area contributed by atoms with E-state index in [1.165, 1.54) is 51.0 Å². The molecule has 3 heteroatoms. The predicted molar refractivity (Wildman–Crippen MR) is 85.4 cm³/mol. The number of nitrogens with one attached hydrogen (secondary N) is 1. The van der Waals surface area contributed by atoms with Gasteiger partial charge in [0.2, 0.25) is 0 Å². The number of benzene rings is 1. The summed E-state index contributed by atoms with van der Waals surface area (Å²) in [5.74, 6) is -0.966. The van der Waals surface area contributed by atoms with Gasteiger partial charge in [0.05, 0.1) is 0 Å². The summed E-state index contributed by atoms with van der Waals surface area (Å²) in [6.07, 6.45) is 11.0. The molecule has 0 radical (unpaired) electrons. The van der Waals surface area contributed by atoms with Crippen molar-refractivity contribution in [2.45, 2.75) is 70.8 Å². The largest absolute Gasteiger partial charge is 0.313 e. The molecule has 0 heterocycles. The summed E-state index contributed by atoms with van der Waals surface area (Å²) >= 11 is 0. The Morgan fingerprint density at radius 3 is 2.14 bits per heavy atom. The topological polar surface area (TPSA) is 12.0 Å². The lowest BCUT2D eigenvalue weighted by molar-refractivity contribution is 0.471. The Balaban J connectivity index is 2.25. The van der Waals surface area contributed by atoms with Gasteiger partial charge in [-0.2, -0.15) is 0 Å². The van der Waals surface area contributed by atoms with Gasteiger partial charge in [0.15, 0.2) is 0 Å². The summed E-state index contributed by atoms with van der Waals surface area (Å²) in [6, 6.07) is 3.83. The number of hydrogen-bond acceptors (Lipinski definition) is 1. The summed E-state index contributed by atoms with van der Waals surface area (Å²) in [5.41, 5.74) is 0.571. The molecular formula is C18H29F2N. The van der Waals surface area contributed by atoms with Crippen molar-refractivity contribution in [3.63, 3.8) is 0 Å². The fourth-order valence-electron chi connectivity index (χ4n) is 2.72. The van der Waals surface area contributed by atoms with E-state index < -0.39 is 11.6 Å². The third-order valence-corrected chi connectivity index (χ3v) is 4.03. The highest BCUT2D eigenvalue weighted by Crippen LogP contribution is 2.23. The quantitative estimate of drug-likeness (QED) is 0.512. The minimum Gasteiger partial charge on any atom is -0.313 e. The fourth-order valence-corrected chi connectivity index (χ4v) is 2.72. The van der Waals surface area contributed by atoms with Crippen molar-refractivity contribution >= 4 is 0 Å². The Morgan fingerprint density at radius 1 is 0.952 bits per heavy atom. The molecule has 1 atom stereocenters. The molecule has 0 aliphatic heterocycles. The number of rotatable bonds is 11. The van der Waals surface area contributed by atoms with Crippen LogP contribution in [0.2, 0.25) is 0 Å². The first-order chi connectivity index (χ1) is 10.2. The molecule has 0 aliphatic carbocycles. The van der Waals surface area contributed by atoms with E-state index in [-0.39, 0.29) is 6.04 Å². The van der Waals surface area contributed by atoms with E-state index in [0.717, 1.165) is 18.9 Å². The molecule has 0 amide bonds. The Hall–Kier alpha value is -0.960. The number of halogens is 2. The monoisotopic (exact) mass is 297 g/mol. The highest BCUT2D eigenvalue weighted by molar-refractivity contribution is 5.22. The van der Waals surface area contributed by atoms with Crippen LogP contribution >= 0.6 is 0 Å². The van der Waals surface area contributed by atoms with Gasteiger partial charge in [-0.25, -0.2) is 8.78 Å². The molecule has 1 N–H and O–H groups in total. The standard InChI is InChI=1S/C18H29F2N/c1-3-4-5-6-7-8-9-10-11-18(21-2)16-13-12-15(19)14-17(16)20/h12-14,18,21H,3-11H2,1-2H3. The van der Waals surface area contributed by atoms with Gasteiger partial charge in [-0.1, -0.05) is 64.4 Å². The van der Waals surface area contributed by atoms with Crippen molar-refractivity contribution in [3.8, 4) is 0 Å².